The molecular weight excluding hydrogens is 244 g/mol. The summed E-state index contributed by atoms with van der Waals surface area (Å²) in [4.78, 5) is 26.9. The van der Waals surface area contributed by atoms with Gasteiger partial charge in [0.2, 0.25) is 0 Å². The lowest BCUT2D eigenvalue weighted by Crippen LogP contribution is -2.48. The number of carbonyl (C=O) groups excluding carboxylic acids is 1. The van der Waals surface area contributed by atoms with E-state index in [9.17, 15) is 9.59 Å². The fourth-order valence-electron chi connectivity index (χ4n) is 3.37. The minimum Gasteiger partial charge on any atom is -0.481 e. The van der Waals surface area contributed by atoms with Crippen molar-refractivity contribution in [3.05, 3.63) is 0 Å². The second kappa shape index (κ2) is 5.80. The number of hydrogen-bond acceptors (Lipinski definition) is 2. The third kappa shape index (κ3) is 3.01. The van der Waals surface area contributed by atoms with Gasteiger partial charge in [0.05, 0.1) is 5.92 Å². The summed E-state index contributed by atoms with van der Waals surface area (Å²) in [6.07, 6.45) is 5.27. The molecule has 1 heterocycles. The van der Waals surface area contributed by atoms with Gasteiger partial charge in [0, 0.05) is 26.2 Å². The molecule has 0 aromatic carbocycles. The van der Waals surface area contributed by atoms with Gasteiger partial charge in [-0.15, -0.1) is 0 Å². The second-order valence-electron chi connectivity index (χ2n) is 5.99. The van der Waals surface area contributed by atoms with Crippen molar-refractivity contribution in [2.24, 2.45) is 11.8 Å². The van der Waals surface area contributed by atoms with Crippen molar-refractivity contribution in [2.45, 2.75) is 45.1 Å². The van der Waals surface area contributed by atoms with Crippen molar-refractivity contribution in [1.29, 1.82) is 0 Å². The van der Waals surface area contributed by atoms with E-state index in [0.717, 1.165) is 6.42 Å². The minimum absolute atomic E-state index is 0.00231. The van der Waals surface area contributed by atoms with Crippen LogP contribution in [0.5, 0.6) is 0 Å². The monoisotopic (exact) mass is 268 g/mol. The van der Waals surface area contributed by atoms with Crippen molar-refractivity contribution < 1.29 is 14.7 Å². The lowest BCUT2D eigenvalue weighted by Gasteiger charge is -2.38. The van der Waals surface area contributed by atoms with E-state index in [1.165, 1.54) is 19.3 Å². The Bertz CT molecular complexity index is 359. The number of nitrogens with zero attached hydrogens (tertiary/aromatic N) is 2. The van der Waals surface area contributed by atoms with E-state index in [4.69, 9.17) is 5.11 Å². The number of carboxylic acids is 1. The van der Waals surface area contributed by atoms with E-state index in [-0.39, 0.29) is 11.9 Å². The Morgan fingerprint density at radius 3 is 2.47 bits per heavy atom. The predicted molar refractivity (Wildman–Crippen MR) is 71.9 cm³/mol. The van der Waals surface area contributed by atoms with E-state index in [2.05, 4.69) is 6.92 Å². The highest BCUT2D eigenvalue weighted by molar-refractivity contribution is 5.77. The topological polar surface area (TPSA) is 60.9 Å². The minimum atomic E-state index is -0.788. The van der Waals surface area contributed by atoms with E-state index in [0.29, 0.717) is 31.5 Å². The molecule has 2 fully saturated rings. The van der Waals surface area contributed by atoms with Crippen LogP contribution in [0.2, 0.25) is 0 Å². The Hall–Kier alpha value is -1.26. The van der Waals surface area contributed by atoms with Gasteiger partial charge >= 0.3 is 12.0 Å². The van der Waals surface area contributed by atoms with Crippen LogP contribution < -0.4 is 0 Å². The van der Waals surface area contributed by atoms with Crippen LogP contribution in [-0.4, -0.2) is 53.1 Å². The maximum absolute atomic E-state index is 12.4. The lowest BCUT2D eigenvalue weighted by molar-refractivity contribution is -0.141. The highest BCUT2D eigenvalue weighted by Crippen LogP contribution is 2.28. The summed E-state index contributed by atoms with van der Waals surface area (Å²) >= 11 is 0. The maximum Gasteiger partial charge on any atom is 0.320 e. The van der Waals surface area contributed by atoms with Crippen LogP contribution >= 0.6 is 0 Å². The Kier molecular flexibility index (Phi) is 4.32. The molecule has 2 amide bonds. The van der Waals surface area contributed by atoms with Gasteiger partial charge in [0.25, 0.3) is 0 Å². The summed E-state index contributed by atoms with van der Waals surface area (Å²) in [6.45, 7) is 3.14. The maximum atomic E-state index is 12.4. The molecule has 0 radical (unpaired) electrons. The number of urea groups is 1. The lowest BCUT2D eigenvalue weighted by atomic mass is 9.85. The Labute approximate surface area is 114 Å². The fraction of sp³-hybridized carbons (Fsp3) is 0.857. The molecule has 108 valence electrons. The Morgan fingerprint density at radius 2 is 1.89 bits per heavy atom. The number of hydrogen-bond donors (Lipinski definition) is 1. The zero-order valence-corrected chi connectivity index (χ0v) is 11.8. The number of likely N-dealkylation sites (tertiary alicyclic amines) is 1. The molecule has 0 spiro atoms. The van der Waals surface area contributed by atoms with Gasteiger partial charge in [0.15, 0.2) is 0 Å². The summed E-state index contributed by atoms with van der Waals surface area (Å²) in [7, 11) is 1.86. The van der Waals surface area contributed by atoms with Gasteiger partial charge in [-0.1, -0.05) is 19.8 Å². The molecule has 19 heavy (non-hydrogen) atoms. The molecule has 1 N–H and O–H groups in total. The molecule has 3 unspecified atom stereocenters. The fourth-order valence-corrected chi connectivity index (χ4v) is 3.37. The Morgan fingerprint density at radius 1 is 1.21 bits per heavy atom. The number of aliphatic carboxylic acids is 1. The zero-order chi connectivity index (χ0) is 14.0. The molecule has 1 saturated heterocycles. The molecule has 0 aromatic rings. The van der Waals surface area contributed by atoms with E-state index in [1.807, 2.05) is 11.9 Å². The highest BCUT2D eigenvalue weighted by Gasteiger charge is 2.35. The van der Waals surface area contributed by atoms with E-state index >= 15 is 0 Å². The smallest absolute Gasteiger partial charge is 0.320 e. The molecule has 0 aromatic heterocycles. The third-order valence-corrected chi connectivity index (χ3v) is 4.67. The molecule has 3 atom stereocenters. The highest BCUT2D eigenvalue weighted by atomic mass is 16.4. The molecule has 0 bridgehead atoms. The predicted octanol–water partition coefficient (Wildman–Crippen LogP) is 2.02. The van der Waals surface area contributed by atoms with Crippen LogP contribution in [0.4, 0.5) is 4.79 Å². The summed E-state index contributed by atoms with van der Waals surface area (Å²) in [5.41, 5.74) is 0. The second-order valence-corrected chi connectivity index (χ2v) is 5.99. The average Bonchev–Trinajstić information content (AvgIpc) is 2.87. The molecule has 2 aliphatic rings. The van der Waals surface area contributed by atoms with Crippen molar-refractivity contribution in [1.82, 2.24) is 9.80 Å². The molecule has 2 rings (SSSR count). The number of carboxylic acid groups (broad SMARTS) is 1. The van der Waals surface area contributed by atoms with Crippen LogP contribution in [0.25, 0.3) is 0 Å². The van der Waals surface area contributed by atoms with Crippen molar-refractivity contribution in [2.75, 3.05) is 20.1 Å². The van der Waals surface area contributed by atoms with Crippen molar-refractivity contribution in [3.63, 3.8) is 0 Å². The van der Waals surface area contributed by atoms with Gasteiger partial charge in [-0.25, -0.2) is 4.79 Å². The first-order valence-corrected chi connectivity index (χ1v) is 7.25. The normalized spacial score (nSPS) is 31.3. The number of carbonyl (C=O) groups is 2. The van der Waals surface area contributed by atoms with Gasteiger partial charge in [0.1, 0.15) is 0 Å². The van der Waals surface area contributed by atoms with Gasteiger partial charge in [-0.2, -0.15) is 0 Å². The van der Waals surface area contributed by atoms with Crippen LogP contribution in [0.15, 0.2) is 0 Å². The first-order valence-electron chi connectivity index (χ1n) is 7.25. The summed E-state index contributed by atoms with van der Waals surface area (Å²) < 4.78 is 0. The summed E-state index contributed by atoms with van der Waals surface area (Å²) in [6, 6.07) is 0.313. The third-order valence-electron chi connectivity index (χ3n) is 4.67. The summed E-state index contributed by atoms with van der Waals surface area (Å²) in [5.74, 6) is -0.634. The molecule has 5 heteroatoms. The standard InChI is InChI=1S/C14H24N2O3/c1-10-5-3-4-6-12(10)15(2)14(19)16-8-7-11(9-16)13(17)18/h10-12H,3-9H2,1-2H3,(H,17,18). The zero-order valence-electron chi connectivity index (χ0n) is 11.8. The quantitative estimate of drug-likeness (QED) is 0.833. The van der Waals surface area contributed by atoms with E-state index < -0.39 is 5.97 Å². The van der Waals surface area contributed by atoms with Crippen LogP contribution in [-0.2, 0) is 4.79 Å². The van der Waals surface area contributed by atoms with Gasteiger partial charge in [-0.3, -0.25) is 4.79 Å². The Balaban J connectivity index is 1.94. The molecule has 1 aliphatic heterocycles. The average molecular weight is 268 g/mol. The van der Waals surface area contributed by atoms with Crippen LogP contribution in [0, 0.1) is 11.8 Å². The van der Waals surface area contributed by atoms with Crippen LogP contribution in [0.3, 0.4) is 0 Å². The summed E-state index contributed by atoms with van der Waals surface area (Å²) in [5, 5.41) is 8.99. The van der Waals surface area contributed by atoms with Crippen molar-refractivity contribution >= 4 is 12.0 Å². The van der Waals surface area contributed by atoms with Gasteiger partial charge < -0.3 is 14.9 Å². The SMILES string of the molecule is CC1CCCCC1N(C)C(=O)N1CCC(C(=O)O)C1. The molecule has 5 nitrogen and oxygen atoms in total. The molecule has 1 saturated carbocycles. The van der Waals surface area contributed by atoms with E-state index in [1.54, 1.807) is 4.90 Å². The first kappa shape index (κ1) is 14.2. The largest absolute Gasteiger partial charge is 0.481 e. The van der Waals surface area contributed by atoms with Crippen molar-refractivity contribution in [3.8, 4) is 0 Å². The number of rotatable bonds is 2. The number of amides is 2. The molecule has 1 aliphatic carbocycles. The first-order chi connectivity index (χ1) is 9.00. The van der Waals surface area contributed by atoms with Crippen LogP contribution in [0.1, 0.15) is 39.0 Å². The molecular formula is C14H24N2O3. The van der Waals surface area contributed by atoms with Gasteiger partial charge in [-0.05, 0) is 25.2 Å².